The largest absolute Gasteiger partial charge is 0.323 e. The Balaban J connectivity index is 2.05. The van der Waals surface area contributed by atoms with Gasteiger partial charge in [0.05, 0.1) is 22.7 Å². The Kier molecular flexibility index (Phi) is 4.64. The molecule has 24 heavy (non-hydrogen) atoms. The fourth-order valence-electron chi connectivity index (χ4n) is 2.90. The van der Waals surface area contributed by atoms with Crippen LogP contribution in [0.3, 0.4) is 0 Å². The summed E-state index contributed by atoms with van der Waals surface area (Å²) < 4.78 is 2.29. The highest BCUT2D eigenvalue weighted by Gasteiger charge is 2.12. The molecule has 122 valence electrons. The zero-order valence-corrected chi connectivity index (χ0v) is 14.4. The van der Waals surface area contributed by atoms with Crippen LogP contribution in [0.5, 0.6) is 0 Å². The quantitative estimate of drug-likeness (QED) is 0.785. The van der Waals surface area contributed by atoms with Gasteiger partial charge in [-0.15, -0.1) is 0 Å². The van der Waals surface area contributed by atoms with Crippen LogP contribution >= 0.6 is 0 Å². The van der Waals surface area contributed by atoms with Crippen molar-refractivity contribution in [3.05, 3.63) is 64.5 Å². The van der Waals surface area contributed by atoms with Crippen molar-refractivity contribution in [3.8, 4) is 6.07 Å². The molecule has 0 fully saturated rings. The average molecular weight is 318 g/mol. The van der Waals surface area contributed by atoms with E-state index in [-0.39, 0.29) is 0 Å². The third kappa shape index (κ3) is 3.17. The predicted octanol–water partition coefficient (Wildman–Crippen LogP) is 3.34. The van der Waals surface area contributed by atoms with E-state index in [4.69, 9.17) is 10.2 Å². The van der Waals surface area contributed by atoms with Gasteiger partial charge in [-0.3, -0.25) is 0 Å². The summed E-state index contributed by atoms with van der Waals surface area (Å²) in [7, 11) is 1.96. The monoisotopic (exact) mass is 318 g/mol. The Bertz CT molecular complexity index is 898. The van der Waals surface area contributed by atoms with Crippen LogP contribution in [-0.2, 0) is 13.0 Å². The van der Waals surface area contributed by atoms with E-state index >= 15 is 0 Å². The molecule has 0 spiro atoms. The first kappa shape index (κ1) is 16.2. The molecule has 0 aliphatic heterocycles. The molecule has 0 atom stereocenters. The van der Waals surface area contributed by atoms with Crippen LogP contribution in [0.15, 0.2) is 36.4 Å². The number of rotatable bonds is 5. The number of nitriles is 1. The molecule has 0 aliphatic carbocycles. The van der Waals surface area contributed by atoms with Crippen molar-refractivity contribution in [3.63, 3.8) is 0 Å². The maximum absolute atomic E-state index is 8.95. The normalized spacial score (nSPS) is 10.9. The van der Waals surface area contributed by atoms with Gasteiger partial charge in [-0.05, 0) is 61.9 Å². The second kappa shape index (κ2) is 6.86. The highest BCUT2D eigenvalue weighted by atomic mass is 15.1. The highest BCUT2D eigenvalue weighted by molar-refractivity contribution is 5.78. The summed E-state index contributed by atoms with van der Waals surface area (Å²) in [4.78, 5) is 4.85. The van der Waals surface area contributed by atoms with Gasteiger partial charge >= 0.3 is 0 Å². The Hall–Kier alpha value is -2.64. The first-order valence-corrected chi connectivity index (χ1v) is 8.22. The Labute approximate surface area is 142 Å². The van der Waals surface area contributed by atoms with E-state index in [0.717, 1.165) is 30.9 Å². The number of nitrogens with one attached hydrogen (secondary N) is 1. The van der Waals surface area contributed by atoms with Gasteiger partial charge in [-0.2, -0.15) is 5.26 Å². The lowest BCUT2D eigenvalue weighted by atomic mass is 10.1. The number of aromatic nitrogens is 2. The van der Waals surface area contributed by atoms with Gasteiger partial charge in [-0.25, -0.2) is 4.98 Å². The van der Waals surface area contributed by atoms with E-state index in [1.54, 1.807) is 0 Å². The van der Waals surface area contributed by atoms with Crippen LogP contribution in [0.2, 0.25) is 0 Å². The number of aryl methyl sites for hydroxylation is 2. The molecule has 3 rings (SSSR count). The van der Waals surface area contributed by atoms with Crippen molar-refractivity contribution in [2.75, 3.05) is 13.6 Å². The first-order chi connectivity index (χ1) is 11.6. The predicted molar refractivity (Wildman–Crippen MR) is 97.1 cm³/mol. The molecule has 0 amide bonds. The standard InChI is InChI=1S/C20H22N4/c1-14-10-18-19(11-15(14)2)24(20(23-18)8-9-22-3)13-17-6-4-16(12-21)5-7-17/h4-7,10-11,22H,8-9,13H2,1-3H3. The minimum atomic E-state index is 0.691. The number of hydrogen-bond donors (Lipinski definition) is 1. The molecule has 1 N–H and O–H groups in total. The molecule has 1 aromatic heterocycles. The zero-order chi connectivity index (χ0) is 17.1. The molecule has 0 unspecified atom stereocenters. The van der Waals surface area contributed by atoms with Gasteiger partial charge in [0.2, 0.25) is 0 Å². The first-order valence-electron chi connectivity index (χ1n) is 8.22. The molecule has 3 aromatic rings. The van der Waals surface area contributed by atoms with E-state index in [1.165, 1.54) is 22.2 Å². The summed E-state index contributed by atoms with van der Waals surface area (Å²) in [5.74, 6) is 1.09. The van der Waals surface area contributed by atoms with Gasteiger partial charge < -0.3 is 9.88 Å². The molecule has 0 saturated carbocycles. The molecule has 0 aliphatic rings. The van der Waals surface area contributed by atoms with Crippen LogP contribution in [0.1, 0.15) is 28.1 Å². The van der Waals surface area contributed by atoms with E-state index in [2.05, 4.69) is 41.9 Å². The maximum atomic E-state index is 8.95. The van der Waals surface area contributed by atoms with Gasteiger partial charge in [0.25, 0.3) is 0 Å². The van der Waals surface area contributed by atoms with Crippen LogP contribution in [0.4, 0.5) is 0 Å². The van der Waals surface area contributed by atoms with E-state index < -0.39 is 0 Å². The zero-order valence-electron chi connectivity index (χ0n) is 14.4. The SMILES string of the molecule is CNCCc1nc2cc(C)c(C)cc2n1Cc1ccc(C#N)cc1. The van der Waals surface area contributed by atoms with E-state index in [9.17, 15) is 0 Å². The lowest BCUT2D eigenvalue weighted by molar-refractivity contribution is 0.696. The summed E-state index contributed by atoms with van der Waals surface area (Å²) in [5.41, 5.74) is 6.65. The number of hydrogen-bond acceptors (Lipinski definition) is 3. The Morgan fingerprint density at radius 3 is 2.50 bits per heavy atom. The Morgan fingerprint density at radius 2 is 1.83 bits per heavy atom. The average Bonchev–Trinajstić information content (AvgIpc) is 2.91. The lowest BCUT2D eigenvalue weighted by Crippen LogP contribution is -2.14. The summed E-state index contributed by atoms with van der Waals surface area (Å²) in [6.07, 6.45) is 0.888. The minimum absolute atomic E-state index is 0.691. The van der Waals surface area contributed by atoms with Crippen LogP contribution in [0, 0.1) is 25.2 Å². The van der Waals surface area contributed by atoms with E-state index in [0.29, 0.717) is 5.56 Å². The number of benzene rings is 2. The number of imidazole rings is 1. The van der Waals surface area contributed by atoms with Crippen molar-refractivity contribution in [2.24, 2.45) is 0 Å². The second-order valence-electron chi connectivity index (χ2n) is 6.20. The summed E-state index contributed by atoms with van der Waals surface area (Å²) in [6.45, 7) is 5.93. The fourth-order valence-corrected chi connectivity index (χ4v) is 2.90. The van der Waals surface area contributed by atoms with Crippen LogP contribution in [-0.4, -0.2) is 23.1 Å². The van der Waals surface area contributed by atoms with Crippen molar-refractivity contribution in [2.45, 2.75) is 26.8 Å². The summed E-state index contributed by atoms with van der Waals surface area (Å²) >= 11 is 0. The third-order valence-electron chi connectivity index (χ3n) is 4.47. The van der Waals surface area contributed by atoms with Crippen molar-refractivity contribution in [1.29, 1.82) is 5.26 Å². The minimum Gasteiger partial charge on any atom is -0.323 e. The van der Waals surface area contributed by atoms with Crippen molar-refractivity contribution in [1.82, 2.24) is 14.9 Å². The highest BCUT2D eigenvalue weighted by Crippen LogP contribution is 2.22. The molecular formula is C20H22N4. The molecule has 0 bridgehead atoms. The van der Waals surface area contributed by atoms with Gasteiger partial charge in [0, 0.05) is 19.5 Å². The smallest absolute Gasteiger partial charge is 0.111 e. The molecule has 4 heteroatoms. The summed E-state index contributed by atoms with van der Waals surface area (Å²) in [5, 5.41) is 12.2. The molecule has 0 radical (unpaired) electrons. The van der Waals surface area contributed by atoms with Crippen molar-refractivity contribution >= 4 is 11.0 Å². The molecule has 4 nitrogen and oxygen atoms in total. The second-order valence-corrected chi connectivity index (χ2v) is 6.20. The van der Waals surface area contributed by atoms with Crippen molar-refractivity contribution < 1.29 is 0 Å². The number of fused-ring (bicyclic) bond motifs is 1. The van der Waals surface area contributed by atoms with Gasteiger partial charge in [0.15, 0.2) is 0 Å². The molecule has 1 heterocycles. The third-order valence-corrected chi connectivity index (χ3v) is 4.47. The fraction of sp³-hybridized carbons (Fsp3) is 0.300. The molecule has 2 aromatic carbocycles. The summed E-state index contributed by atoms with van der Waals surface area (Å²) in [6, 6.07) is 14.4. The Morgan fingerprint density at radius 1 is 1.12 bits per heavy atom. The van der Waals surface area contributed by atoms with Gasteiger partial charge in [0.1, 0.15) is 5.82 Å². The number of likely N-dealkylation sites (N-methyl/N-ethyl adjacent to an activating group) is 1. The maximum Gasteiger partial charge on any atom is 0.111 e. The molecular weight excluding hydrogens is 296 g/mol. The lowest BCUT2D eigenvalue weighted by Gasteiger charge is -2.10. The van der Waals surface area contributed by atoms with Gasteiger partial charge in [-0.1, -0.05) is 12.1 Å². The van der Waals surface area contributed by atoms with E-state index in [1.807, 2.05) is 31.3 Å². The van der Waals surface area contributed by atoms with Crippen LogP contribution in [0.25, 0.3) is 11.0 Å². The van der Waals surface area contributed by atoms with Crippen LogP contribution < -0.4 is 5.32 Å². The number of nitrogens with zero attached hydrogens (tertiary/aromatic N) is 3. The molecule has 0 saturated heterocycles. The topological polar surface area (TPSA) is 53.6 Å².